The number of benzene rings is 2. The molecule has 2 aromatic carbocycles. The summed E-state index contributed by atoms with van der Waals surface area (Å²) in [6, 6.07) is 12.0. The molecule has 25 heavy (non-hydrogen) atoms. The van der Waals surface area contributed by atoms with Gasteiger partial charge in [-0.25, -0.2) is 0 Å². The standard InChI is InChI=1S/C19H22BBrO4/c1-18(2)19(3,4)25-20(24-18)15(11-16(22)23)14-10-9-12-7-5-6-8-13(12)17(14)21/h5-10,15H,11H2,1-4H3,(H,22,23). The molecule has 1 fully saturated rings. The fourth-order valence-corrected chi connectivity index (χ4v) is 3.92. The van der Waals surface area contributed by atoms with Gasteiger partial charge in [-0.3, -0.25) is 4.79 Å². The van der Waals surface area contributed by atoms with E-state index in [0.29, 0.717) is 0 Å². The summed E-state index contributed by atoms with van der Waals surface area (Å²) in [5, 5.41) is 11.6. The summed E-state index contributed by atoms with van der Waals surface area (Å²) in [6.45, 7) is 7.89. The number of hydrogen-bond donors (Lipinski definition) is 1. The Morgan fingerprint density at radius 3 is 2.32 bits per heavy atom. The lowest BCUT2D eigenvalue weighted by molar-refractivity contribution is -0.137. The molecule has 0 aliphatic carbocycles. The molecule has 1 atom stereocenters. The molecule has 6 heteroatoms. The highest BCUT2D eigenvalue weighted by atomic mass is 79.9. The van der Waals surface area contributed by atoms with Crippen molar-refractivity contribution >= 4 is 39.8 Å². The first-order valence-corrected chi connectivity index (χ1v) is 9.16. The number of carboxylic acids is 1. The molecule has 1 aliphatic heterocycles. The highest BCUT2D eigenvalue weighted by Crippen LogP contribution is 2.44. The largest absolute Gasteiger partial charge is 0.481 e. The minimum Gasteiger partial charge on any atom is -0.481 e. The Morgan fingerprint density at radius 1 is 1.12 bits per heavy atom. The minimum absolute atomic E-state index is 0.0617. The van der Waals surface area contributed by atoms with Crippen LogP contribution in [0, 0.1) is 0 Å². The van der Waals surface area contributed by atoms with Crippen molar-refractivity contribution in [2.45, 2.75) is 51.1 Å². The van der Waals surface area contributed by atoms with E-state index in [-0.39, 0.29) is 6.42 Å². The lowest BCUT2D eigenvalue weighted by atomic mass is 9.66. The van der Waals surface area contributed by atoms with Gasteiger partial charge in [-0.1, -0.05) is 36.4 Å². The van der Waals surface area contributed by atoms with E-state index in [2.05, 4.69) is 15.9 Å². The average Bonchev–Trinajstić information content (AvgIpc) is 2.74. The Labute approximate surface area is 156 Å². The SMILES string of the molecule is CC1(C)OB(C(CC(=O)O)c2ccc3ccccc3c2Br)OC1(C)C. The zero-order chi connectivity index (χ0) is 18.4. The molecular formula is C19H22BBrO4. The van der Waals surface area contributed by atoms with Crippen LogP contribution in [0.4, 0.5) is 0 Å². The third-order valence-electron chi connectivity index (χ3n) is 5.29. The normalized spacial score (nSPS) is 20.0. The van der Waals surface area contributed by atoms with Crippen molar-refractivity contribution in [2.75, 3.05) is 0 Å². The first-order valence-electron chi connectivity index (χ1n) is 8.37. The molecule has 1 unspecified atom stereocenters. The van der Waals surface area contributed by atoms with Crippen molar-refractivity contribution in [1.29, 1.82) is 0 Å². The summed E-state index contributed by atoms with van der Waals surface area (Å²) in [5.41, 5.74) is -0.116. The smallest absolute Gasteiger partial charge is 0.466 e. The quantitative estimate of drug-likeness (QED) is 0.744. The second-order valence-electron chi connectivity index (χ2n) is 7.52. The van der Waals surface area contributed by atoms with Gasteiger partial charge in [-0.05, 0) is 60.0 Å². The molecule has 0 saturated carbocycles. The summed E-state index contributed by atoms with van der Waals surface area (Å²) in [7, 11) is -0.612. The van der Waals surface area contributed by atoms with Crippen LogP contribution < -0.4 is 0 Å². The van der Waals surface area contributed by atoms with Crippen molar-refractivity contribution in [3.8, 4) is 0 Å². The molecule has 0 bridgehead atoms. The van der Waals surface area contributed by atoms with E-state index in [1.165, 1.54) is 0 Å². The fourth-order valence-electron chi connectivity index (χ4n) is 3.13. The van der Waals surface area contributed by atoms with Crippen molar-refractivity contribution in [1.82, 2.24) is 0 Å². The highest BCUT2D eigenvalue weighted by molar-refractivity contribution is 9.10. The maximum atomic E-state index is 11.5. The zero-order valence-corrected chi connectivity index (χ0v) is 16.5. The molecule has 1 heterocycles. The Balaban J connectivity index is 2.06. The van der Waals surface area contributed by atoms with Crippen LogP contribution in [0.3, 0.4) is 0 Å². The van der Waals surface area contributed by atoms with Crippen molar-refractivity contribution < 1.29 is 19.2 Å². The average molecular weight is 405 g/mol. The Bertz CT molecular complexity index is 802. The molecule has 1 aliphatic rings. The molecule has 3 rings (SSSR count). The highest BCUT2D eigenvalue weighted by Gasteiger charge is 2.54. The molecule has 2 aromatic rings. The summed E-state index contributed by atoms with van der Waals surface area (Å²) in [6.07, 6.45) is -0.0617. The molecule has 0 aromatic heterocycles. The summed E-state index contributed by atoms with van der Waals surface area (Å²) < 4.78 is 13.2. The van der Waals surface area contributed by atoms with E-state index in [1.54, 1.807) is 0 Å². The van der Waals surface area contributed by atoms with E-state index >= 15 is 0 Å². The fraction of sp³-hybridized carbons (Fsp3) is 0.421. The second kappa shape index (κ2) is 6.42. The molecule has 4 nitrogen and oxygen atoms in total. The topological polar surface area (TPSA) is 55.8 Å². The third kappa shape index (κ3) is 3.35. The zero-order valence-electron chi connectivity index (χ0n) is 14.9. The van der Waals surface area contributed by atoms with Crippen LogP contribution in [-0.2, 0) is 14.1 Å². The number of hydrogen-bond acceptors (Lipinski definition) is 3. The van der Waals surface area contributed by atoms with Crippen LogP contribution in [0.1, 0.15) is 45.5 Å². The van der Waals surface area contributed by atoms with Gasteiger partial charge in [0.15, 0.2) is 0 Å². The first kappa shape index (κ1) is 18.4. The predicted octanol–water partition coefficient (Wildman–Crippen LogP) is 4.79. The van der Waals surface area contributed by atoms with Gasteiger partial charge in [0.1, 0.15) is 0 Å². The van der Waals surface area contributed by atoms with E-state index < -0.39 is 30.1 Å². The van der Waals surface area contributed by atoms with Crippen LogP contribution in [0.25, 0.3) is 10.8 Å². The Kier molecular flexibility index (Phi) is 4.73. The van der Waals surface area contributed by atoms with Crippen LogP contribution in [0.5, 0.6) is 0 Å². The predicted molar refractivity (Wildman–Crippen MR) is 103 cm³/mol. The van der Waals surface area contributed by atoms with E-state index in [9.17, 15) is 9.90 Å². The van der Waals surface area contributed by atoms with Gasteiger partial charge in [-0.2, -0.15) is 0 Å². The van der Waals surface area contributed by atoms with Crippen molar-refractivity contribution in [2.24, 2.45) is 0 Å². The maximum absolute atomic E-state index is 11.5. The number of fused-ring (bicyclic) bond motifs is 1. The molecule has 132 valence electrons. The Morgan fingerprint density at radius 2 is 1.72 bits per heavy atom. The van der Waals surface area contributed by atoms with Gasteiger partial charge >= 0.3 is 13.1 Å². The van der Waals surface area contributed by atoms with Crippen molar-refractivity contribution in [3.63, 3.8) is 0 Å². The van der Waals surface area contributed by atoms with Gasteiger partial charge in [0.05, 0.1) is 17.6 Å². The number of halogens is 1. The van der Waals surface area contributed by atoms with Crippen LogP contribution in [0.15, 0.2) is 40.9 Å². The van der Waals surface area contributed by atoms with E-state index in [1.807, 2.05) is 64.1 Å². The van der Waals surface area contributed by atoms with Crippen molar-refractivity contribution in [3.05, 3.63) is 46.4 Å². The second-order valence-corrected chi connectivity index (χ2v) is 8.31. The van der Waals surface area contributed by atoms with Crippen LogP contribution in [-0.4, -0.2) is 29.4 Å². The maximum Gasteiger partial charge on any atom is 0.466 e. The molecule has 1 saturated heterocycles. The summed E-state index contributed by atoms with van der Waals surface area (Å²) in [5.74, 6) is -1.28. The molecule has 0 radical (unpaired) electrons. The third-order valence-corrected chi connectivity index (χ3v) is 6.17. The van der Waals surface area contributed by atoms with Crippen LogP contribution >= 0.6 is 15.9 Å². The summed E-state index contributed by atoms with van der Waals surface area (Å²) >= 11 is 3.67. The van der Waals surface area contributed by atoms with Gasteiger partial charge in [0.25, 0.3) is 0 Å². The van der Waals surface area contributed by atoms with Crippen LogP contribution in [0.2, 0.25) is 0 Å². The number of rotatable bonds is 4. The van der Waals surface area contributed by atoms with Gasteiger partial charge in [-0.15, -0.1) is 0 Å². The number of aliphatic carboxylic acids is 1. The van der Waals surface area contributed by atoms with Gasteiger partial charge in [0.2, 0.25) is 0 Å². The molecule has 0 spiro atoms. The lowest BCUT2D eigenvalue weighted by Gasteiger charge is -2.32. The Hall–Kier alpha value is -1.37. The summed E-state index contributed by atoms with van der Waals surface area (Å²) in [4.78, 5) is 11.5. The molecular weight excluding hydrogens is 383 g/mol. The van der Waals surface area contributed by atoms with Gasteiger partial charge < -0.3 is 14.4 Å². The van der Waals surface area contributed by atoms with E-state index in [4.69, 9.17) is 9.31 Å². The lowest BCUT2D eigenvalue weighted by Crippen LogP contribution is -2.41. The number of carboxylic acid groups (broad SMARTS) is 1. The first-order chi connectivity index (χ1) is 11.6. The number of carbonyl (C=O) groups is 1. The monoisotopic (exact) mass is 404 g/mol. The molecule has 0 amide bonds. The van der Waals surface area contributed by atoms with Gasteiger partial charge in [0, 0.05) is 10.3 Å². The van der Waals surface area contributed by atoms with E-state index in [0.717, 1.165) is 20.8 Å². The molecule has 1 N–H and O–H groups in total. The minimum atomic E-state index is -0.875.